The summed E-state index contributed by atoms with van der Waals surface area (Å²) < 4.78 is 3.49. The van der Waals surface area contributed by atoms with Gasteiger partial charge in [0.1, 0.15) is 6.33 Å². The van der Waals surface area contributed by atoms with E-state index in [1.807, 2.05) is 29.8 Å². The molecular formula is C6H9N5. The molecule has 0 radical (unpaired) electrons. The van der Waals surface area contributed by atoms with Crippen LogP contribution in [0.4, 0.5) is 0 Å². The van der Waals surface area contributed by atoms with Crippen LogP contribution in [-0.2, 0) is 0 Å². The summed E-state index contributed by atoms with van der Waals surface area (Å²) in [5.74, 6) is 0. The van der Waals surface area contributed by atoms with E-state index in [0.717, 1.165) is 5.65 Å². The molecule has 0 amide bonds. The molecule has 0 fully saturated rings. The summed E-state index contributed by atoms with van der Waals surface area (Å²) in [5.41, 5.74) is 0.968. The van der Waals surface area contributed by atoms with E-state index in [2.05, 4.69) is 10.2 Å². The maximum atomic E-state index is 4.03. The summed E-state index contributed by atoms with van der Waals surface area (Å²) >= 11 is 0. The summed E-state index contributed by atoms with van der Waals surface area (Å²) in [4.78, 5) is 0. The summed E-state index contributed by atoms with van der Waals surface area (Å²) in [6.45, 7) is 0. The molecule has 58 valence electrons. The first-order chi connectivity index (χ1) is 5.29. The highest BCUT2D eigenvalue weighted by Gasteiger charge is 2.01. The van der Waals surface area contributed by atoms with E-state index in [1.165, 1.54) is 0 Å². The molecule has 2 heterocycles. The molecule has 11 heavy (non-hydrogen) atoms. The first-order valence-corrected chi connectivity index (χ1v) is 3.34. The molecule has 2 rings (SSSR count). The lowest BCUT2D eigenvalue weighted by atomic mass is 10.7. The average Bonchev–Trinajstić information content (AvgIpc) is 2.41. The van der Waals surface area contributed by atoms with Gasteiger partial charge in [0.15, 0.2) is 5.65 Å². The lowest BCUT2D eigenvalue weighted by Crippen LogP contribution is -2.23. The van der Waals surface area contributed by atoms with Gasteiger partial charge in [0, 0.05) is 20.2 Å². The van der Waals surface area contributed by atoms with Crippen molar-refractivity contribution in [3.05, 3.63) is 18.6 Å². The molecule has 0 aromatic carbocycles. The zero-order valence-corrected chi connectivity index (χ0v) is 6.47. The highest BCUT2D eigenvalue weighted by atomic mass is 15.6. The lowest BCUT2D eigenvalue weighted by Gasteiger charge is -2.11. The van der Waals surface area contributed by atoms with Crippen LogP contribution in [0.5, 0.6) is 0 Å². The predicted molar refractivity (Wildman–Crippen MR) is 41.0 cm³/mol. The van der Waals surface area contributed by atoms with Gasteiger partial charge in [-0.1, -0.05) is 0 Å². The Morgan fingerprint density at radius 3 is 2.91 bits per heavy atom. The molecule has 0 spiro atoms. The zero-order chi connectivity index (χ0) is 7.84. The molecule has 0 bridgehead atoms. The summed E-state index contributed by atoms with van der Waals surface area (Å²) in [6, 6.07) is 1.91. The predicted octanol–water partition coefficient (Wildman–Crippen LogP) is -0.272. The monoisotopic (exact) mass is 151 g/mol. The largest absolute Gasteiger partial charge is 0.316 e. The Labute approximate surface area is 63.8 Å². The van der Waals surface area contributed by atoms with Gasteiger partial charge in [0.2, 0.25) is 0 Å². The third kappa shape index (κ3) is 0.772. The zero-order valence-electron chi connectivity index (χ0n) is 6.47. The number of nitrogens with zero attached hydrogens (tertiary/aromatic N) is 5. The van der Waals surface area contributed by atoms with Crippen LogP contribution in [0.2, 0.25) is 0 Å². The summed E-state index contributed by atoms with van der Waals surface area (Å²) in [7, 11) is 3.91. The Morgan fingerprint density at radius 1 is 1.36 bits per heavy atom. The fourth-order valence-electron chi connectivity index (χ4n) is 1.01. The van der Waals surface area contributed by atoms with Crippen molar-refractivity contribution in [1.29, 1.82) is 0 Å². The van der Waals surface area contributed by atoms with Gasteiger partial charge in [-0.05, 0) is 0 Å². The van der Waals surface area contributed by atoms with Crippen molar-refractivity contribution in [2.45, 2.75) is 0 Å². The van der Waals surface area contributed by atoms with Crippen LogP contribution in [0, 0.1) is 0 Å². The molecule has 0 aliphatic carbocycles. The van der Waals surface area contributed by atoms with Gasteiger partial charge >= 0.3 is 0 Å². The van der Waals surface area contributed by atoms with E-state index in [0.29, 0.717) is 0 Å². The van der Waals surface area contributed by atoms with Gasteiger partial charge in [-0.2, -0.15) is 5.10 Å². The smallest absolute Gasteiger partial charge is 0.176 e. The minimum atomic E-state index is 0.968. The van der Waals surface area contributed by atoms with Crippen molar-refractivity contribution in [2.75, 3.05) is 19.1 Å². The van der Waals surface area contributed by atoms with Crippen LogP contribution < -0.4 is 5.01 Å². The Morgan fingerprint density at radius 2 is 2.18 bits per heavy atom. The van der Waals surface area contributed by atoms with Gasteiger partial charge in [-0.15, -0.1) is 9.73 Å². The molecule has 0 aliphatic heterocycles. The van der Waals surface area contributed by atoms with Gasteiger partial charge in [0.05, 0.1) is 6.20 Å². The van der Waals surface area contributed by atoms with Crippen LogP contribution in [-0.4, -0.2) is 33.6 Å². The number of aromatic nitrogens is 4. The lowest BCUT2D eigenvalue weighted by molar-refractivity contribution is 0.753. The first-order valence-electron chi connectivity index (χ1n) is 3.34. The average molecular weight is 151 g/mol. The van der Waals surface area contributed by atoms with Crippen molar-refractivity contribution in [1.82, 2.24) is 19.5 Å². The minimum absolute atomic E-state index is 0.968. The first kappa shape index (κ1) is 6.21. The van der Waals surface area contributed by atoms with Gasteiger partial charge in [-0.3, -0.25) is 0 Å². The molecule has 0 aliphatic rings. The quantitative estimate of drug-likeness (QED) is 0.563. The van der Waals surface area contributed by atoms with Crippen LogP contribution in [0.25, 0.3) is 5.65 Å². The maximum Gasteiger partial charge on any atom is 0.176 e. The second-order valence-electron chi connectivity index (χ2n) is 2.50. The Hall–Kier alpha value is -1.52. The van der Waals surface area contributed by atoms with Crippen molar-refractivity contribution in [3.8, 4) is 0 Å². The Balaban J connectivity index is 2.68. The molecule has 0 N–H and O–H groups in total. The maximum absolute atomic E-state index is 4.03. The molecule has 0 atom stereocenters. The fraction of sp³-hybridized carbons (Fsp3) is 0.333. The van der Waals surface area contributed by atoms with Crippen molar-refractivity contribution in [3.63, 3.8) is 0 Å². The third-order valence-electron chi connectivity index (χ3n) is 1.54. The van der Waals surface area contributed by atoms with Crippen LogP contribution >= 0.6 is 0 Å². The molecule has 5 nitrogen and oxygen atoms in total. The fourth-order valence-corrected chi connectivity index (χ4v) is 1.01. The van der Waals surface area contributed by atoms with Gasteiger partial charge < -0.3 is 5.01 Å². The molecular weight excluding hydrogens is 142 g/mol. The van der Waals surface area contributed by atoms with E-state index >= 15 is 0 Å². The highest BCUT2D eigenvalue weighted by Crippen LogP contribution is 1.99. The second kappa shape index (κ2) is 1.98. The van der Waals surface area contributed by atoms with Crippen LogP contribution in [0.15, 0.2) is 18.6 Å². The van der Waals surface area contributed by atoms with E-state index < -0.39 is 0 Å². The van der Waals surface area contributed by atoms with E-state index in [-0.39, 0.29) is 0 Å². The van der Waals surface area contributed by atoms with E-state index in [9.17, 15) is 0 Å². The van der Waals surface area contributed by atoms with Gasteiger partial charge in [-0.25, -0.2) is 4.68 Å². The topological polar surface area (TPSA) is 38.4 Å². The van der Waals surface area contributed by atoms with Crippen LogP contribution in [0.1, 0.15) is 0 Å². The number of rotatable bonds is 1. The number of hydrogen-bond acceptors (Lipinski definition) is 3. The van der Waals surface area contributed by atoms with Crippen LogP contribution in [0.3, 0.4) is 0 Å². The standard InChI is InChI=1S/C6H9N5/c1-9(2)10-5-8-11-6(10)3-4-7-11/h3-5H,1-2H3. The Kier molecular flexibility index (Phi) is 1.12. The third-order valence-corrected chi connectivity index (χ3v) is 1.54. The second-order valence-corrected chi connectivity index (χ2v) is 2.50. The minimum Gasteiger partial charge on any atom is -0.316 e. The number of hydrogen-bond donors (Lipinski definition) is 0. The molecule has 2 aromatic rings. The molecule has 0 saturated heterocycles. The van der Waals surface area contributed by atoms with Crippen molar-refractivity contribution < 1.29 is 0 Å². The number of fused-ring (bicyclic) bond motifs is 1. The van der Waals surface area contributed by atoms with E-state index in [1.54, 1.807) is 17.2 Å². The summed E-state index contributed by atoms with van der Waals surface area (Å²) in [5, 5.41) is 9.94. The van der Waals surface area contributed by atoms with E-state index in [4.69, 9.17) is 0 Å². The molecule has 0 saturated carbocycles. The Bertz CT molecular complexity index is 358. The normalized spacial score (nSPS) is 10.7. The highest BCUT2D eigenvalue weighted by molar-refractivity contribution is 5.36. The van der Waals surface area contributed by atoms with Crippen molar-refractivity contribution >= 4 is 5.65 Å². The molecule has 0 unspecified atom stereocenters. The SMILES string of the molecule is CN(C)n1cnn2nccc12. The molecule has 5 heteroatoms. The van der Waals surface area contributed by atoms with Gasteiger partial charge in [0.25, 0.3) is 0 Å². The molecule has 2 aromatic heterocycles. The summed E-state index contributed by atoms with van der Waals surface area (Å²) in [6.07, 6.45) is 3.45. The van der Waals surface area contributed by atoms with Crippen molar-refractivity contribution in [2.24, 2.45) is 0 Å².